The van der Waals surface area contributed by atoms with E-state index in [4.69, 9.17) is 86.7 Å². The molecule has 5 aliphatic rings. The van der Waals surface area contributed by atoms with Crippen molar-refractivity contribution < 1.29 is 127 Å². The van der Waals surface area contributed by atoms with E-state index in [0.29, 0.717) is 182 Å². The summed E-state index contributed by atoms with van der Waals surface area (Å²) in [6.45, 7) is 26.8. The van der Waals surface area contributed by atoms with Crippen LogP contribution in [0.5, 0.6) is 0 Å². The van der Waals surface area contributed by atoms with Gasteiger partial charge in [-0.2, -0.15) is 0 Å². The van der Waals surface area contributed by atoms with E-state index in [-0.39, 0.29) is 87.6 Å². The Kier molecular flexibility index (Phi) is 48.4. The summed E-state index contributed by atoms with van der Waals surface area (Å²) < 4.78 is 90.3. The van der Waals surface area contributed by atoms with Gasteiger partial charge in [0, 0.05) is 95.4 Å². The highest BCUT2D eigenvalue weighted by atomic mass is 79.9. The number of hydrogen-bond acceptors (Lipinski definition) is 32. The summed E-state index contributed by atoms with van der Waals surface area (Å²) in [7, 11) is 1.65. The minimum Gasteiger partial charge on any atom is -0.444 e. The fraction of sp³-hybridized carbons (Fsp3) is 0.552. The third-order valence-corrected chi connectivity index (χ3v) is 20.9. The number of ether oxygens (including phenoxy) is 12. The van der Waals surface area contributed by atoms with Crippen LogP contribution in [0.15, 0.2) is 114 Å². The van der Waals surface area contributed by atoms with E-state index in [1.165, 1.54) is 36.0 Å². The molecule has 141 heavy (non-hydrogen) atoms. The van der Waals surface area contributed by atoms with Crippen molar-refractivity contribution in [2.24, 2.45) is 5.73 Å². The fourth-order valence-corrected chi connectivity index (χ4v) is 14.4. The molecule has 5 fully saturated rings. The number of fused-ring (bicyclic) bond motifs is 4. The molecule has 8 aromatic rings. The summed E-state index contributed by atoms with van der Waals surface area (Å²) >= 11 is 3.29. The van der Waals surface area contributed by atoms with Gasteiger partial charge in [0.1, 0.15) is 54.2 Å². The number of carbonyl (C=O) groups excluding carboxylic acids is 11. The molecule has 4 aromatic carbocycles. The number of rotatable bonds is 37. The monoisotopic (exact) mass is 2060 g/mol. The summed E-state index contributed by atoms with van der Waals surface area (Å²) in [5.41, 5.74) is 10.0. The molecule has 772 valence electrons. The zero-order valence-corrected chi connectivity index (χ0v) is 83.4. The summed E-state index contributed by atoms with van der Waals surface area (Å²) in [4.78, 5) is 178. The smallest absolute Gasteiger partial charge is 0.420 e. The van der Waals surface area contributed by atoms with Gasteiger partial charge < -0.3 is 95.8 Å². The van der Waals surface area contributed by atoms with Gasteiger partial charge in [0.25, 0.3) is 0 Å². The normalized spacial score (nSPS) is 16.3. The van der Waals surface area contributed by atoms with Gasteiger partial charge in [-0.15, -0.1) is 18.8 Å². The maximum Gasteiger partial charge on any atom is 0.420 e. The van der Waals surface area contributed by atoms with Crippen molar-refractivity contribution in [2.75, 3.05) is 152 Å². The number of aryl methyl sites for hydroxylation is 2. The Labute approximate surface area is 827 Å². The molecule has 0 radical (unpaired) electrons. The number of imide groups is 4. The van der Waals surface area contributed by atoms with Gasteiger partial charge in [-0.1, -0.05) is 45.8 Å². The molecule has 0 bridgehead atoms. The molecule has 8 N–H and O–H groups in total. The fourth-order valence-electron chi connectivity index (χ4n) is 14.0. The van der Waals surface area contributed by atoms with Crippen molar-refractivity contribution in [3.05, 3.63) is 136 Å². The molecule has 0 spiro atoms. The predicted octanol–water partition coefficient (Wildman–Crippen LogP) is 8.11. The highest BCUT2D eigenvalue weighted by Gasteiger charge is 2.36. The zero-order chi connectivity index (χ0) is 102. The Balaban J connectivity index is 0.000000242. The molecule has 13 rings (SSSR count). The van der Waals surface area contributed by atoms with E-state index in [0.717, 1.165) is 54.5 Å². The topological polar surface area (TPSA) is 541 Å². The molecule has 5 aliphatic heterocycles. The molecule has 4 unspecified atom stereocenters. The lowest BCUT2D eigenvalue weighted by molar-refractivity contribution is -0.137. The van der Waals surface area contributed by atoms with Crippen molar-refractivity contribution >= 4 is 138 Å². The molecule has 9 heterocycles. The maximum absolute atomic E-state index is 12.4. The lowest BCUT2D eigenvalue weighted by Gasteiger charge is -2.24. The van der Waals surface area contributed by atoms with Crippen LogP contribution in [0, 0.1) is 24.2 Å². The predicted molar refractivity (Wildman–Crippen MR) is 518 cm³/mol. The number of hydrogen-bond donors (Lipinski definition) is 7. The molecule has 4 atom stereocenters. The van der Waals surface area contributed by atoms with Gasteiger partial charge in [-0.25, -0.2) is 33.6 Å². The number of terminal acetylenes is 1. The van der Waals surface area contributed by atoms with Crippen LogP contribution in [0.3, 0.4) is 0 Å². The number of benzene rings is 4. The molecule has 43 nitrogen and oxygen atoms in total. The number of nitrogens with two attached hydrogens (primary N) is 1. The third kappa shape index (κ3) is 40.0. The molecule has 11 amide bonds. The SMILES string of the molecule is C#CCOCCOCCNC(=O)OC(C)(C)C.C1CCOC1.CC(C)(C)OC(=O)NCCOCCOCCCc1ccc2c(c1)oc(=O)n2C1CCC(=O)NC1=O.CN(CCOCCOCC#Cc1ccc2c(c1)oc(=O)n2C1CCC(=O)NC1=O)C(=O)OC(C)(C)C.Cl.NCCOCCOCCCc1ccc2c(c1)oc(=O)n2C1CCC(=O)NC1=O.O=C1CCC(n2c(=O)oc3cc(Br)ccc32)C(=O)N1. The summed E-state index contributed by atoms with van der Waals surface area (Å²) in [5.74, 6) is 2.44. The van der Waals surface area contributed by atoms with Crippen molar-refractivity contribution in [3.63, 3.8) is 0 Å². The molecular weight excluding hydrogens is 1930 g/mol. The number of alkyl carbamates (subject to hydrolysis) is 2. The first-order chi connectivity index (χ1) is 66.8. The Morgan fingerprint density at radius 2 is 0.787 bits per heavy atom. The zero-order valence-electron chi connectivity index (χ0n) is 81.0. The Morgan fingerprint density at radius 3 is 1.15 bits per heavy atom. The highest BCUT2D eigenvalue weighted by Crippen LogP contribution is 2.30. The molecular formula is C96H128BrClN12O31. The number of halogens is 2. The van der Waals surface area contributed by atoms with Crippen molar-refractivity contribution in [1.82, 2.24) is 55.1 Å². The lowest BCUT2D eigenvalue weighted by Crippen LogP contribution is -2.43. The van der Waals surface area contributed by atoms with Crippen LogP contribution < -0.4 is 60.7 Å². The van der Waals surface area contributed by atoms with Crippen LogP contribution in [-0.4, -0.2) is 258 Å². The van der Waals surface area contributed by atoms with Gasteiger partial charge in [0.05, 0.1) is 101 Å². The minimum absolute atomic E-state index is 0. The van der Waals surface area contributed by atoms with Gasteiger partial charge in [0.15, 0.2) is 22.3 Å². The van der Waals surface area contributed by atoms with Crippen molar-refractivity contribution in [3.8, 4) is 24.2 Å². The maximum atomic E-state index is 12.4. The van der Waals surface area contributed by atoms with Crippen LogP contribution >= 0.6 is 28.3 Å². The number of nitrogens with zero attached hydrogens (tertiary/aromatic N) is 5. The van der Waals surface area contributed by atoms with E-state index >= 15 is 0 Å². The molecule has 4 aromatic heterocycles. The Bertz CT molecular complexity index is 5860. The second-order valence-corrected chi connectivity index (χ2v) is 36.0. The number of piperidine rings is 4. The Hall–Kier alpha value is -12.2. The highest BCUT2D eigenvalue weighted by molar-refractivity contribution is 9.10. The second-order valence-electron chi connectivity index (χ2n) is 35.1. The van der Waals surface area contributed by atoms with Crippen LogP contribution in [0.2, 0.25) is 0 Å². The van der Waals surface area contributed by atoms with E-state index in [1.807, 2.05) is 59.7 Å². The van der Waals surface area contributed by atoms with E-state index in [1.54, 1.807) is 82.4 Å². The van der Waals surface area contributed by atoms with Gasteiger partial charge in [-0.3, -0.25) is 77.9 Å². The Morgan fingerprint density at radius 1 is 0.447 bits per heavy atom. The summed E-state index contributed by atoms with van der Waals surface area (Å²) in [5, 5.41) is 14.2. The van der Waals surface area contributed by atoms with Crippen LogP contribution in [0.25, 0.3) is 44.4 Å². The first-order valence-electron chi connectivity index (χ1n) is 46.1. The van der Waals surface area contributed by atoms with Gasteiger partial charge in [0.2, 0.25) is 47.3 Å². The molecule has 0 aliphatic carbocycles. The van der Waals surface area contributed by atoms with Crippen molar-refractivity contribution in [1.29, 1.82) is 0 Å². The quantitative estimate of drug-likeness (QED) is 0.00836. The number of aromatic nitrogens is 4. The number of carbonyl (C=O) groups is 11. The largest absolute Gasteiger partial charge is 0.444 e. The summed E-state index contributed by atoms with van der Waals surface area (Å²) in [6.07, 6.45) is 11.2. The van der Waals surface area contributed by atoms with Gasteiger partial charge >= 0.3 is 41.3 Å². The number of likely N-dealkylation sites (N-methyl/N-ethyl adjacent to an activating group) is 1. The first kappa shape index (κ1) is 116. The number of amides is 11. The summed E-state index contributed by atoms with van der Waals surface area (Å²) in [6, 6.07) is 18.1. The standard InChI is InChI=1S/C25H31N3O8.C24H33N3O8.C19H25N3O6.C12H9BrN2O4.C12H21NO4.C4H8O.ClH/c1-25(2,3)36-23(31)27(4)11-13-34-15-14-33-12-5-6-17-7-8-18-20(16-17)35-24(32)28(18)19-9-10-21(29)26-22(19)30;1-24(2,3)35-22(30)25-10-12-33-14-13-32-11-4-5-16-6-7-17-19(15-16)34-23(31)27(17)18-8-9-20(28)26-21(18)29;20-7-9-27-11-10-26-8-1-2-13-3-4-14-16(12-13)28-19(25)22(14)15-5-6-17(23)21-18(15)24;13-6-1-2-7-9(5-6)19-12(18)15(7)8-3-4-10(16)14-11(8)17;1-5-7-15-9-10-16-8-6-13-11(14)17-12(2,3)4;1-2-4-5-3-1;/h7-8,16,19H,9-15H2,1-4H3,(H,26,29,30);6-7,15,18H,4-5,8-14H2,1-3H3,(H,25,30)(H,26,28,29);3-4,12,15H,1-2,5-11,20H2,(H,21,23,24);1-2,5,8H,3-4H2,(H,14,16,17);1H,6-10H2,2-4H3,(H,13,14);1-4H2;1H. The second kappa shape index (κ2) is 58.9. The van der Waals surface area contributed by atoms with Crippen LogP contribution in [0.1, 0.15) is 180 Å². The van der Waals surface area contributed by atoms with Crippen molar-refractivity contribution in [2.45, 2.75) is 193 Å². The molecule has 0 saturated carbocycles. The van der Waals surface area contributed by atoms with E-state index in [9.17, 15) is 71.9 Å². The van der Waals surface area contributed by atoms with E-state index < -0.39 is 106 Å². The van der Waals surface area contributed by atoms with Crippen LogP contribution in [-0.2, 0) is 108 Å². The number of nitrogens with one attached hydrogen (secondary N) is 6. The molecule has 5 saturated heterocycles. The minimum atomic E-state index is -0.790. The number of oxazole rings is 4. The molecule has 45 heteroatoms. The van der Waals surface area contributed by atoms with E-state index in [2.05, 4.69) is 65.6 Å². The van der Waals surface area contributed by atoms with Crippen LogP contribution in [0.4, 0.5) is 14.4 Å². The first-order valence-corrected chi connectivity index (χ1v) is 46.9. The third-order valence-electron chi connectivity index (χ3n) is 20.4. The van der Waals surface area contributed by atoms with Gasteiger partial charge in [-0.05, 0) is 198 Å². The average Bonchev–Trinajstić information content (AvgIpc) is 1.64. The lowest BCUT2D eigenvalue weighted by atomic mass is 10.1. The average molecular weight is 2060 g/mol.